The standard InChI is InChI=1S/C17H25F3N2O2/c1-12(15-10-14(23-2)4-5-16(15)24-3)21-13-6-8-22(9-7-13)11-17(18,19)20/h4-5,10,12-13,21H,6-9,11H2,1-3H3. The first-order valence-electron chi connectivity index (χ1n) is 8.09. The van der Waals surface area contributed by atoms with Crippen LogP contribution in [0.5, 0.6) is 11.5 Å². The van der Waals surface area contributed by atoms with E-state index in [4.69, 9.17) is 9.47 Å². The van der Waals surface area contributed by atoms with Crippen molar-refractivity contribution >= 4 is 0 Å². The molecule has 7 heteroatoms. The van der Waals surface area contributed by atoms with Gasteiger partial charge in [0.05, 0.1) is 20.8 Å². The Balaban J connectivity index is 1.93. The third-order valence-electron chi connectivity index (χ3n) is 4.38. The van der Waals surface area contributed by atoms with Crippen LogP contribution in [-0.2, 0) is 0 Å². The lowest BCUT2D eigenvalue weighted by Crippen LogP contribution is -2.46. The number of nitrogens with one attached hydrogen (secondary N) is 1. The van der Waals surface area contributed by atoms with Gasteiger partial charge in [-0.2, -0.15) is 13.2 Å². The van der Waals surface area contributed by atoms with Gasteiger partial charge in [-0.15, -0.1) is 0 Å². The topological polar surface area (TPSA) is 33.7 Å². The summed E-state index contributed by atoms with van der Waals surface area (Å²) in [5, 5.41) is 3.50. The van der Waals surface area contributed by atoms with Gasteiger partial charge in [0.2, 0.25) is 0 Å². The third kappa shape index (κ3) is 5.27. The quantitative estimate of drug-likeness (QED) is 0.856. The number of methoxy groups -OCH3 is 2. The maximum atomic E-state index is 12.4. The molecule has 1 atom stereocenters. The van der Waals surface area contributed by atoms with Gasteiger partial charge in [0, 0.05) is 17.6 Å². The van der Waals surface area contributed by atoms with Crippen molar-refractivity contribution in [2.24, 2.45) is 0 Å². The SMILES string of the molecule is COc1ccc(OC)c(C(C)NC2CCN(CC(F)(F)F)CC2)c1. The van der Waals surface area contributed by atoms with Crippen molar-refractivity contribution in [3.63, 3.8) is 0 Å². The normalized spacial score (nSPS) is 18.4. The van der Waals surface area contributed by atoms with Crippen molar-refractivity contribution in [2.45, 2.75) is 38.0 Å². The Morgan fingerprint density at radius 2 is 1.88 bits per heavy atom. The van der Waals surface area contributed by atoms with Crippen LogP contribution in [0.3, 0.4) is 0 Å². The van der Waals surface area contributed by atoms with Crippen LogP contribution < -0.4 is 14.8 Å². The number of ether oxygens (including phenoxy) is 2. The molecule has 0 aliphatic carbocycles. The van der Waals surface area contributed by atoms with E-state index in [-0.39, 0.29) is 12.1 Å². The molecule has 2 rings (SSSR count). The van der Waals surface area contributed by atoms with E-state index in [9.17, 15) is 13.2 Å². The fourth-order valence-electron chi connectivity index (χ4n) is 3.13. The summed E-state index contributed by atoms with van der Waals surface area (Å²) in [4.78, 5) is 1.47. The number of alkyl halides is 3. The van der Waals surface area contributed by atoms with E-state index in [0.29, 0.717) is 25.9 Å². The van der Waals surface area contributed by atoms with Gasteiger partial charge in [0.1, 0.15) is 11.5 Å². The molecule has 0 bridgehead atoms. The maximum Gasteiger partial charge on any atom is 0.401 e. The van der Waals surface area contributed by atoms with Crippen LogP contribution in [0.25, 0.3) is 0 Å². The number of hydrogen-bond acceptors (Lipinski definition) is 4. The molecule has 136 valence electrons. The second-order valence-corrected chi connectivity index (χ2v) is 6.16. The first-order valence-corrected chi connectivity index (χ1v) is 8.09. The van der Waals surface area contributed by atoms with Gasteiger partial charge in [0.15, 0.2) is 0 Å². The van der Waals surface area contributed by atoms with Crippen molar-refractivity contribution in [3.05, 3.63) is 23.8 Å². The molecule has 0 amide bonds. The number of likely N-dealkylation sites (tertiary alicyclic amines) is 1. The first-order chi connectivity index (χ1) is 11.3. The summed E-state index contributed by atoms with van der Waals surface area (Å²) in [6.07, 6.45) is -2.72. The minimum atomic E-state index is -4.12. The molecule has 4 nitrogen and oxygen atoms in total. The average molecular weight is 346 g/mol. The number of nitrogens with zero attached hydrogens (tertiary/aromatic N) is 1. The zero-order valence-corrected chi connectivity index (χ0v) is 14.3. The minimum absolute atomic E-state index is 0.0224. The van der Waals surface area contributed by atoms with Crippen molar-refractivity contribution < 1.29 is 22.6 Å². The zero-order valence-electron chi connectivity index (χ0n) is 14.3. The van der Waals surface area contributed by atoms with Gasteiger partial charge in [-0.05, 0) is 51.1 Å². The molecular weight excluding hydrogens is 321 g/mol. The van der Waals surface area contributed by atoms with Crippen LogP contribution in [0.2, 0.25) is 0 Å². The smallest absolute Gasteiger partial charge is 0.401 e. The maximum absolute atomic E-state index is 12.4. The molecule has 1 N–H and O–H groups in total. The Labute approximate surface area is 140 Å². The summed E-state index contributed by atoms with van der Waals surface area (Å²) in [5.74, 6) is 1.52. The van der Waals surface area contributed by atoms with Crippen LogP contribution >= 0.6 is 0 Å². The molecule has 1 aromatic carbocycles. The lowest BCUT2D eigenvalue weighted by atomic mass is 10.0. The molecule has 1 aliphatic rings. The van der Waals surface area contributed by atoms with Crippen molar-refractivity contribution in [1.29, 1.82) is 0 Å². The number of rotatable bonds is 6. The third-order valence-corrected chi connectivity index (χ3v) is 4.38. The highest BCUT2D eigenvalue weighted by molar-refractivity contribution is 5.42. The highest BCUT2D eigenvalue weighted by Crippen LogP contribution is 2.30. The highest BCUT2D eigenvalue weighted by atomic mass is 19.4. The molecule has 24 heavy (non-hydrogen) atoms. The molecule has 1 unspecified atom stereocenters. The predicted octanol–water partition coefficient (Wildman–Crippen LogP) is 3.38. The summed E-state index contributed by atoms with van der Waals surface area (Å²) in [5.41, 5.74) is 0.981. The Morgan fingerprint density at radius 1 is 1.21 bits per heavy atom. The van der Waals surface area contributed by atoms with Gasteiger partial charge in [-0.3, -0.25) is 4.90 Å². The number of halogens is 3. The largest absolute Gasteiger partial charge is 0.497 e. The molecule has 0 saturated carbocycles. The Kier molecular flexibility index (Phi) is 6.34. The van der Waals surface area contributed by atoms with E-state index in [1.165, 1.54) is 4.90 Å². The lowest BCUT2D eigenvalue weighted by molar-refractivity contribution is -0.148. The van der Waals surface area contributed by atoms with Gasteiger partial charge in [-0.1, -0.05) is 0 Å². The molecule has 1 aromatic rings. The number of piperidine rings is 1. The monoisotopic (exact) mass is 346 g/mol. The van der Waals surface area contributed by atoms with Crippen LogP contribution in [-0.4, -0.2) is 51.0 Å². The van der Waals surface area contributed by atoms with Crippen molar-refractivity contribution in [3.8, 4) is 11.5 Å². The molecule has 0 aromatic heterocycles. The van der Waals surface area contributed by atoms with E-state index < -0.39 is 12.7 Å². The van der Waals surface area contributed by atoms with Gasteiger partial charge < -0.3 is 14.8 Å². The molecule has 1 aliphatic heterocycles. The van der Waals surface area contributed by atoms with E-state index >= 15 is 0 Å². The van der Waals surface area contributed by atoms with Gasteiger partial charge in [0.25, 0.3) is 0 Å². The van der Waals surface area contributed by atoms with E-state index in [1.807, 2.05) is 25.1 Å². The second-order valence-electron chi connectivity index (χ2n) is 6.16. The van der Waals surface area contributed by atoms with Crippen LogP contribution in [0.1, 0.15) is 31.4 Å². The second kappa shape index (κ2) is 8.07. The molecule has 0 radical (unpaired) electrons. The molecule has 1 saturated heterocycles. The summed E-state index contributed by atoms with van der Waals surface area (Å²) in [6, 6.07) is 5.84. The Hall–Kier alpha value is -1.47. The van der Waals surface area contributed by atoms with E-state index in [2.05, 4.69) is 5.32 Å². The number of hydrogen-bond donors (Lipinski definition) is 1. The minimum Gasteiger partial charge on any atom is -0.497 e. The average Bonchev–Trinajstić information content (AvgIpc) is 2.54. The lowest BCUT2D eigenvalue weighted by Gasteiger charge is -2.34. The Bertz CT molecular complexity index is 529. The number of benzene rings is 1. The summed E-state index contributed by atoms with van der Waals surface area (Å²) in [7, 11) is 3.23. The molecule has 1 heterocycles. The van der Waals surface area contributed by atoms with Crippen LogP contribution in [0.15, 0.2) is 18.2 Å². The highest BCUT2D eigenvalue weighted by Gasteiger charge is 2.32. The predicted molar refractivity (Wildman–Crippen MR) is 86.6 cm³/mol. The van der Waals surface area contributed by atoms with Crippen molar-refractivity contribution in [2.75, 3.05) is 33.9 Å². The summed E-state index contributed by atoms with van der Waals surface area (Å²) < 4.78 is 48.0. The fourth-order valence-corrected chi connectivity index (χ4v) is 3.13. The van der Waals surface area contributed by atoms with Crippen LogP contribution in [0.4, 0.5) is 13.2 Å². The summed E-state index contributed by atoms with van der Waals surface area (Å²) >= 11 is 0. The zero-order chi connectivity index (χ0) is 17.7. The van der Waals surface area contributed by atoms with Crippen LogP contribution in [0, 0.1) is 0 Å². The van der Waals surface area contributed by atoms with E-state index in [1.54, 1.807) is 14.2 Å². The molecule has 1 fully saturated rings. The fraction of sp³-hybridized carbons (Fsp3) is 0.647. The van der Waals surface area contributed by atoms with Crippen molar-refractivity contribution in [1.82, 2.24) is 10.2 Å². The molecule has 0 spiro atoms. The Morgan fingerprint density at radius 3 is 2.42 bits per heavy atom. The van der Waals surface area contributed by atoms with Gasteiger partial charge in [-0.25, -0.2) is 0 Å². The van der Waals surface area contributed by atoms with E-state index in [0.717, 1.165) is 17.1 Å². The summed E-state index contributed by atoms with van der Waals surface area (Å²) in [6.45, 7) is 2.12. The van der Waals surface area contributed by atoms with Gasteiger partial charge >= 0.3 is 6.18 Å². The first kappa shape index (κ1) is 18.9. The molecular formula is C17H25F3N2O2.